The van der Waals surface area contributed by atoms with Crippen molar-refractivity contribution in [3.63, 3.8) is 0 Å². The lowest BCUT2D eigenvalue weighted by atomic mass is 10.1. The second-order valence-electron chi connectivity index (χ2n) is 5.54. The Hall–Kier alpha value is -2.35. The summed E-state index contributed by atoms with van der Waals surface area (Å²) in [4.78, 5) is 22.9. The van der Waals surface area contributed by atoms with Crippen LogP contribution in [-0.2, 0) is 19.6 Å². The molecule has 0 saturated carbocycles. The van der Waals surface area contributed by atoms with Crippen LogP contribution in [0.1, 0.15) is 18.4 Å². The van der Waals surface area contributed by atoms with Gasteiger partial charge >= 0.3 is 0 Å². The molecule has 2 N–H and O–H groups in total. The van der Waals surface area contributed by atoms with Crippen molar-refractivity contribution in [3.05, 3.63) is 36.4 Å². The Morgan fingerprint density at radius 3 is 2.75 bits per heavy atom. The molecule has 1 fully saturated rings. The molecule has 130 valence electrons. The second kappa shape index (κ2) is 7.48. The van der Waals surface area contributed by atoms with Crippen LogP contribution in [-0.4, -0.2) is 39.1 Å². The standard InChI is InChI=1S/C16H21N3O4S/c1-3-15(20)17-8-7-16(21)18-13-6-5-12(2)14(11-13)19-9-4-10-24(19,22)23/h3,5-6,11H,1,4,7-10H2,2H3,(H,17,20)(H,18,21). The summed E-state index contributed by atoms with van der Waals surface area (Å²) in [5, 5.41) is 5.23. The number of sulfonamides is 1. The lowest BCUT2D eigenvalue weighted by Crippen LogP contribution is -2.27. The van der Waals surface area contributed by atoms with Gasteiger partial charge in [0.2, 0.25) is 21.8 Å². The number of rotatable bonds is 6. The maximum absolute atomic E-state index is 12.1. The van der Waals surface area contributed by atoms with Gasteiger partial charge in [-0.15, -0.1) is 0 Å². The molecule has 1 aromatic rings. The van der Waals surface area contributed by atoms with Gasteiger partial charge in [0.1, 0.15) is 0 Å². The van der Waals surface area contributed by atoms with Crippen LogP contribution in [0, 0.1) is 6.92 Å². The normalized spacial score (nSPS) is 15.8. The molecule has 2 rings (SSSR count). The molecule has 0 bridgehead atoms. The number of anilines is 2. The number of benzene rings is 1. The van der Waals surface area contributed by atoms with Crippen LogP contribution in [0.15, 0.2) is 30.9 Å². The van der Waals surface area contributed by atoms with Crippen molar-refractivity contribution in [2.24, 2.45) is 0 Å². The van der Waals surface area contributed by atoms with E-state index in [0.717, 1.165) is 11.6 Å². The summed E-state index contributed by atoms with van der Waals surface area (Å²) in [5.41, 5.74) is 1.94. The van der Waals surface area contributed by atoms with Gasteiger partial charge in [0.25, 0.3) is 0 Å². The van der Waals surface area contributed by atoms with E-state index in [9.17, 15) is 18.0 Å². The van der Waals surface area contributed by atoms with Crippen LogP contribution in [0.25, 0.3) is 0 Å². The average Bonchev–Trinajstić information content (AvgIpc) is 2.88. The summed E-state index contributed by atoms with van der Waals surface area (Å²) in [6, 6.07) is 5.17. The maximum atomic E-state index is 12.1. The Bertz CT molecular complexity index is 759. The molecular formula is C16H21N3O4S. The predicted octanol–water partition coefficient (Wildman–Crippen LogP) is 1.17. The minimum Gasteiger partial charge on any atom is -0.352 e. The molecule has 0 aliphatic carbocycles. The SMILES string of the molecule is C=CC(=O)NCCC(=O)Nc1ccc(C)c(N2CCCS2(=O)=O)c1. The van der Waals surface area contributed by atoms with Crippen molar-refractivity contribution in [2.75, 3.05) is 28.5 Å². The summed E-state index contributed by atoms with van der Waals surface area (Å²) in [7, 11) is -3.27. The molecule has 1 saturated heterocycles. The molecule has 0 unspecified atom stereocenters. The van der Waals surface area contributed by atoms with Gasteiger partial charge in [-0.2, -0.15) is 0 Å². The van der Waals surface area contributed by atoms with Crippen molar-refractivity contribution in [1.29, 1.82) is 0 Å². The molecule has 0 atom stereocenters. The third-order valence-corrected chi connectivity index (χ3v) is 5.55. The van der Waals surface area contributed by atoms with Crippen LogP contribution in [0.2, 0.25) is 0 Å². The van der Waals surface area contributed by atoms with Crippen LogP contribution in [0.3, 0.4) is 0 Å². The zero-order chi connectivity index (χ0) is 17.7. The molecular weight excluding hydrogens is 330 g/mol. The largest absolute Gasteiger partial charge is 0.352 e. The number of amides is 2. The van der Waals surface area contributed by atoms with Crippen LogP contribution in [0.4, 0.5) is 11.4 Å². The van der Waals surface area contributed by atoms with Gasteiger partial charge < -0.3 is 10.6 Å². The van der Waals surface area contributed by atoms with E-state index in [1.807, 2.05) is 6.92 Å². The minimum atomic E-state index is -3.27. The minimum absolute atomic E-state index is 0.116. The van der Waals surface area contributed by atoms with E-state index in [4.69, 9.17) is 0 Å². The fourth-order valence-corrected chi connectivity index (χ4v) is 4.08. The smallest absolute Gasteiger partial charge is 0.243 e. The summed E-state index contributed by atoms with van der Waals surface area (Å²) < 4.78 is 25.5. The predicted molar refractivity (Wildman–Crippen MR) is 93.4 cm³/mol. The van der Waals surface area contributed by atoms with Crippen LogP contribution >= 0.6 is 0 Å². The second-order valence-corrected chi connectivity index (χ2v) is 7.55. The molecule has 0 radical (unpaired) electrons. The zero-order valence-electron chi connectivity index (χ0n) is 13.5. The first-order valence-corrected chi connectivity index (χ1v) is 9.25. The van der Waals surface area contributed by atoms with Crippen molar-refractivity contribution >= 4 is 33.2 Å². The quantitative estimate of drug-likeness (QED) is 0.752. The Labute approximate surface area is 141 Å². The van der Waals surface area contributed by atoms with E-state index in [-0.39, 0.29) is 30.5 Å². The van der Waals surface area contributed by atoms with Crippen molar-refractivity contribution in [2.45, 2.75) is 19.8 Å². The van der Waals surface area contributed by atoms with Crippen LogP contribution in [0.5, 0.6) is 0 Å². The summed E-state index contributed by atoms with van der Waals surface area (Å²) in [6.45, 7) is 5.82. The molecule has 8 heteroatoms. The van der Waals surface area contributed by atoms with Gasteiger partial charge in [-0.3, -0.25) is 13.9 Å². The number of carbonyl (C=O) groups excluding carboxylic acids is 2. The highest BCUT2D eigenvalue weighted by molar-refractivity contribution is 7.93. The number of nitrogens with zero attached hydrogens (tertiary/aromatic N) is 1. The zero-order valence-corrected chi connectivity index (χ0v) is 14.4. The van der Waals surface area contributed by atoms with Crippen molar-refractivity contribution < 1.29 is 18.0 Å². The number of aryl methyl sites for hydroxylation is 1. The number of hydrogen-bond acceptors (Lipinski definition) is 4. The van der Waals surface area contributed by atoms with Gasteiger partial charge in [-0.25, -0.2) is 8.42 Å². The first-order chi connectivity index (χ1) is 11.3. The van der Waals surface area contributed by atoms with E-state index in [0.29, 0.717) is 24.3 Å². The van der Waals surface area contributed by atoms with Crippen molar-refractivity contribution in [3.8, 4) is 0 Å². The monoisotopic (exact) mass is 351 g/mol. The van der Waals surface area contributed by atoms with Gasteiger partial charge in [-0.1, -0.05) is 12.6 Å². The van der Waals surface area contributed by atoms with Gasteiger partial charge in [0.15, 0.2) is 0 Å². The highest BCUT2D eigenvalue weighted by Gasteiger charge is 2.29. The van der Waals surface area contributed by atoms with Crippen molar-refractivity contribution in [1.82, 2.24) is 5.32 Å². The third-order valence-electron chi connectivity index (χ3n) is 3.70. The summed E-state index contributed by atoms with van der Waals surface area (Å²) >= 11 is 0. The molecule has 0 aromatic heterocycles. The average molecular weight is 351 g/mol. The molecule has 1 aliphatic heterocycles. The van der Waals surface area contributed by atoms with E-state index in [2.05, 4.69) is 17.2 Å². The fraction of sp³-hybridized carbons (Fsp3) is 0.375. The Morgan fingerprint density at radius 1 is 1.38 bits per heavy atom. The fourth-order valence-electron chi connectivity index (χ4n) is 2.46. The van der Waals surface area contributed by atoms with Gasteiger partial charge in [0.05, 0.1) is 11.4 Å². The van der Waals surface area contributed by atoms with E-state index in [1.165, 1.54) is 4.31 Å². The van der Waals surface area contributed by atoms with Gasteiger partial charge in [0, 0.05) is 25.2 Å². The Kier molecular flexibility index (Phi) is 5.61. The Morgan fingerprint density at radius 2 is 2.12 bits per heavy atom. The molecule has 24 heavy (non-hydrogen) atoms. The molecule has 2 amide bonds. The summed E-state index contributed by atoms with van der Waals surface area (Å²) in [6.07, 6.45) is 1.85. The number of carbonyl (C=O) groups is 2. The molecule has 0 spiro atoms. The van der Waals surface area contributed by atoms with Gasteiger partial charge in [-0.05, 0) is 37.1 Å². The third kappa shape index (κ3) is 4.35. The highest BCUT2D eigenvalue weighted by atomic mass is 32.2. The topological polar surface area (TPSA) is 95.6 Å². The summed E-state index contributed by atoms with van der Waals surface area (Å²) in [5.74, 6) is -0.454. The number of nitrogens with one attached hydrogen (secondary N) is 2. The van der Waals surface area contributed by atoms with Crippen LogP contribution < -0.4 is 14.9 Å². The molecule has 1 aliphatic rings. The lowest BCUT2D eigenvalue weighted by molar-refractivity contribution is -0.117. The lowest BCUT2D eigenvalue weighted by Gasteiger charge is -2.20. The number of hydrogen-bond donors (Lipinski definition) is 2. The van der Waals surface area contributed by atoms with E-state index < -0.39 is 10.0 Å². The molecule has 1 heterocycles. The maximum Gasteiger partial charge on any atom is 0.243 e. The Balaban J connectivity index is 2.04. The molecule has 7 nitrogen and oxygen atoms in total. The van der Waals surface area contributed by atoms with E-state index in [1.54, 1.807) is 18.2 Å². The first kappa shape index (κ1) is 18.0. The highest BCUT2D eigenvalue weighted by Crippen LogP contribution is 2.29. The molecule has 1 aromatic carbocycles. The first-order valence-electron chi connectivity index (χ1n) is 7.64. The van der Waals surface area contributed by atoms with E-state index >= 15 is 0 Å².